The molecule has 0 amide bonds. The van der Waals surface area contributed by atoms with Crippen LogP contribution in [0.2, 0.25) is 0 Å². The van der Waals surface area contributed by atoms with Gasteiger partial charge in [-0.1, -0.05) is 78.9 Å². The number of benzene rings is 5. The average molecular weight is 459 g/mol. The van der Waals surface area contributed by atoms with Crippen molar-refractivity contribution >= 4 is 54.5 Å². The first-order valence-corrected chi connectivity index (χ1v) is 12.2. The van der Waals surface area contributed by atoms with Gasteiger partial charge in [-0.25, -0.2) is 4.98 Å². The summed E-state index contributed by atoms with van der Waals surface area (Å²) in [5.41, 5.74) is 9.17. The van der Waals surface area contributed by atoms with Gasteiger partial charge in [0.2, 0.25) is 0 Å². The molecule has 0 fully saturated rings. The maximum atomic E-state index is 6.63. The Morgan fingerprint density at radius 2 is 1.22 bits per heavy atom. The molecule has 166 valence electrons. The fraction of sp³-hybridized carbons (Fsp3) is 0. The molecule has 9 rings (SSSR count). The van der Waals surface area contributed by atoms with Gasteiger partial charge in [0.05, 0.1) is 16.4 Å². The van der Waals surface area contributed by atoms with Crippen molar-refractivity contribution in [3.8, 4) is 28.1 Å². The molecule has 0 N–H and O–H groups in total. The van der Waals surface area contributed by atoms with E-state index < -0.39 is 0 Å². The summed E-state index contributed by atoms with van der Waals surface area (Å²) in [5, 5.41) is 7.21. The Morgan fingerprint density at radius 1 is 0.528 bits per heavy atom. The summed E-state index contributed by atoms with van der Waals surface area (Å²) >= 11 is 0. The van der Waals surface area contributed by atoms with Crippen LogP contribution in [0.15, 0.2) is 114 Å². The van der Waals surface area contributed by atoms with Gasteiger partial charge in [0.1, 0.15) is 17.0 Å². The van der Waals surface area contributed by atoms with E-state index in [1.165, 1.54) is 38.4 Å². The number of nitrogens with zero attached hydrogens (tertiary/aromatic N) is 2. The van der Waals surface area contributed by atoms with Gasteiger partial charge in [0, 0.05) is 33.1 Å². The molecule has 0 unspecified atom stereocenters. The molecule has 0 atom stereocenters. The van der Waals surface area contributed by atoms with Crippen molar-refractivity contribution in [2.75, 3.05) is 0 Å². The fourth-order valence-corrected chi connectivity index (χ4v) is 6.43. The number of pyridine rings is 1. The molecule has 5 aromatic carbocycles. The second-order valence-corrected chi connectivity index (χ2v) is 9.52. The smallest absolute Gasteiger partial charge is 0.145 e. The number of hydrogen-bond donors (Lipinski definition) is 0. The number of para-hydroxylation sites is 1. The molecule has 0 radical (unpaired) electrons. The summed E-state index contributed by atoms with van der Waals surface area (Å²) in [7, 11) is 0. The molecule has 36 heavy (non-hydrogen) atoms. The molecule has 1 aliphatic rings. The number of hydrogen-bond acceptors (Lipinski definition) is 2. The van der Waals surface area contributed by atoms with Gasteiger partial charge in [0.25, 0.3) is 0 Å². The molecule has 3 heterocycles. The van der Waals surface area contributed by atoms with E-state index in [4.69, 9.17) is 9.40 Å². The minimum atomic E-state index is 0.905. The Kier molecular flexibility index (Phi) is 3.28. The zero-order valence-electron chi connectivity index (χ0n) is 19.2. The SMILES string of the molecule is c1ccc(-n2c3cccc4c3c3c5c(cccc5c5oc6ccccc6c5c32)-c2ccccc2-4)nc1. The molecular formula is C33H18N2O. The molecular weight excluding hydrogens is 440 g/mol. The highest BCUT2D eigenvalue weighted by Gasteiger charge is 2.28. The second kappa shape index (κ2) is 6.41. The predicted octanol–water partition coefficient (Wildman–Crippen LogP) is 8.88. The minimum absolute atomic E-state index is 0.905. The van der Waals surface area contributed by atoms with Gasteiger partial charge in [-0.05, 0) is 46.5 Å². The summed E-state index contributed by atoms with van der Waals surface area (Å²) in [5.74, 6) is 0.909. The van der Waals surface area contributed by atoms with Crippen LogP contribution in [0.1, 0.15) is 0 Å². The van der Waals surface area contributed by atoms with Crippen LogP contribution in [0, 0.1) is 0 Å². The molecule has 0 aliphatic heterocycles. The van der Waals surface area contributed by atoms with Crippen LogP contribution in [0.25, 0.3) is 82.6 Å². The molecule has 0 bridgehead atoms. The molecule has 3 nitrogen and oxygen atoms in total. The largest absolute Gasteiger partial charge is 0.455 e. The second-order valence-electron chi connectivity index (χ2n) is 9.52. The molecule has 0 saturated carbocycles. The van der Waals surface area contributed by atoms with Gasteiger partial charge in [-0.3, -0.25) is 4.57 Å². The van der Waals surface area contributed by atoms with Gasteiger partial charge in [-0.2, -0.15) is 0 Å². The maximum absolute atomic E-state index is 6.63. The van der Waals surface area contributed by atoms with Crippen molar-refractivity contribution in [2.45, 2.75) is 0 Å². The van der Waals surface area contributed by atoms with Gasteiger partial charge >= 0.3 is 0 Å². The fourth-order valence-electron chi connectivity index (χ4n) is 6.43. The van der Waals surface area contributed by atoms with Crippen LogP contribution < -0.4 is 0 Å². The quantitative estimate of drug-likeness (QED) is 0.246. The van der Waals surface area contributed by atoms with Crippen molar-refractivity contribution in [1.82, 2.24) is 9.55 Å². The minimum Gasteiger partial charge on any atom is -0.455 e. The maximum Gasteiger partial charge on any atom is 0.145 e. The van der Waals surface area contributed by atoms with Gasteiger partial charge in [0.15, 0.2) is 0 Å². The third-order valence-electron chi connectivity index (χ3n) is 7.77. The van der Waals surface area contributed by atoms with Crippen LogP contribution in [0.3, 0.4) is 0 Å². The Bertz CT molecular complexity index is 2200. The van der Waals surface area contributed by atoms with E-state index in [2.05, 4.69) is 95.6 Å². The topological polar surface area (TPSA) is 31.0 Å². The van der Waals surface area contributed by atoms with E-state index in [9.17, 15) is 0 Å². The van der Waals surface area contributed by atoms with Crippen molar-refractivity contribution in [3.05, 3.63) is 109 Å². The Labute approximate surface area is 205 Å². The lowest BCUT2D eigenvalue weighted by molar-refractivity contribution is 0.673. The predicted molar refractivity (Wildman–Crippen MR) is 148 cm³/mol. The lowest BCUT2D eigenvalue weighted by Crippen LogP contribution is -1.97. The number of furan rings is 1. The molecule has 8 aromatic rings. The van der Waals surface area contributed by atoms with Crippen LogP contribution in [-0.2, 0) is 0 Å². The normalized spacial score (nSPS) is 12.4. The van der Waals surface area contributed by atoms with Crippen LogP contribution in [-0.4, -0.2) is 9.55 Å². The molecule has 0 saturated heterocycles. The summed E-state index contributed by atoms with van der Waals surface area (Å²) < 4.78 is 8.97. The van der Waals surface area contributed by atoms with Crippen molar-refractivity contribution in [1.29, 1.82) is 0 Å². The summed E-state index contributed by atoms with van der Waals surface area (Å²) in [6.45, 7) is 0. The third kappa shape index (κ3) is 2.08. The van der Waals surface area contributed by atoms with E-state index in [1.807, 2.05) is 18.3 Å². The van der Waals surface area contributed by atoms with Gasteiger partial charge in [-0.15, -0.1) is 0 Å². The van der Waals surface area contributed by atoms with E-state index >= 15 is 0 Å². The monoisotopic (exact) mass is 458 g/mol. The first-order valence-electron chi connectivity index (χ1n) is 12.2. The van der Waals surface area contributed by atoms with Crippen LogP contribution in [0.4, 0.5) is 0 Å². The lowest BCUT2D eigenvalue weighted by Gasteiger charge is -2.14. The number of fused-ring (bicyclic) bond motifs is 8. The highest BCUT2D eigenvalue weighted by molar-refractivity contribution is 6.39. The summed E-state index contributed by atoms with van der Waals surface area (Å²) in [6.07, 6.45) is 1.87. The zero-order chi connectivity index (χ0) is 23.4. The van der Waals surface area contributed by atoms with Crippen molar-refractivity contribution in [2.24, 2.45) is 0 Å². The van der Waals surface area contributed by atoms with E-state index in [0.717, 1.165) is 44.2 Å². The average Bonchev–Trinajstić information content (AvgIpc) is 3.46. The molecule has 1 aliphatic carbocycles. The zero-order valence-corrected chi connectivity index (χ0v) is 19.2. The summed E-state index contributed by atoms with van der Waals surface area (Å²) in [4.78, 5) is 4.82. The Hall–Kier alpha value is -4.89. The standard InChI is InChI=1S/C33H18N2O/c1-2-10-20-19(9-1)21-12-7-14-24-28(21)31-29-22(20)13-8-15-25(29)35(27-17-5-6-18-34-27)32(31)30-23-11-3-4-16-26(23)36-33(24)30/h1-18H. The molecule has 3 aromatic heterocycles. The van der Waals surface area contributed by atoms with Crippen LogP contribution >= 0.6 is 0 Å². The number of aromatic nitrogens is 2. The Balaban J connectivity index is 1.72. The third-order valence-corrected chi connectivity index (χ3v) is 7.77. The highest BCUT2D eigenvalue weighted by atomic mass is 16.3. The Morgan fingerprint density at radius 3 is 2.06 bits per heavy atom. The van der Waals surface area contributed by atoms with E-state index in [1.54, 1.807) is 0 Å². The van der Waals surface area contributed by atoms with Crippen molar-refractivity contribution in [3.63, 3.8) is 0 Å². The summed E-state index contributed by atoms with van der Waals surface area (Å²) in [6, 6.07) is 36.6. The molecule has 3 heteroatoms. The van der Waals surface area contributed by atoms with Crippen LogP contribution in [0.5, 0.6) is 0 Å². The molecule has 0 spiro atoms. The van der Waals surface area contributed by atoms with E-state index in [-0.39, 0.29) is 0 Å². The number of rotatable bonds is 1. The first-order chi connectivity index (χ1) is 17.9. The highest BCUT2D eigenvalue weighted by Crippen LogP contribution is 2.53. The van der Waals surface area contributed by atoms with Crippen molar-refractivity contribution < 1.29 is 4.42 Å². The van der Waals surface area contributed by atoms with E-state index in [0.29, 0.717) is 0 Å². The lowest BCUT2D eigenvalue weighted by atomic mass is 9.92. The first kappa shape index (κ1) is 18.4. The van der Waals surface area contributed by atoms with Gasteiger partial charge < -0.3 is 4.42 Å².